The molecular formula is C27H21N3O5. The van der Waals surface area contributed by atoms with Crippen molar-refractivity contribution in [3.63, 3.8) is 0 Å². The summed E-state index contributed by atoms with van der Waals surface area (Å²) >= 11 is 0. The summed E-state index contributed by atoms with van der Waals surface area (Å²) in [7, 11) is 0. The maximum Gasteiger partial charge on any atom is 0.313 e. The molecule has 8 heteroatoms. The molecule has 0 saturated heterocycles. The van der Waals surface area contributed by atoms with Gasteiger partial charge in [0.05, 0.1) is 11.7 Å². The van der Waals surface area contributed by atoms with Crippen molar-refractivity contribution in [3.05, 3.63) is 95.7 Å². The number of hydrogen-bond donors (Lipinski definition) is 2. The van der Waals surface area contributed by atoms with E-state index in [-0.39, 0.29) is 5.91 Å². The highest BCUT2D eigenvalue weighted by Gasteiger charge is 2.45. The second kappa shape index (κ2) is 8.32. The number of carbonyl (C=O) groups is 2. The summed E-state index contributed by atoms with van der Waals surface area (Å²) in [6.45, 7) is 0.859. The van der Waals surface area contributed by atoms with E-state index >= 15 is 0 Å². The number of rotatable bonds is 4. The third-order valence-electron chi connectivity index (χ3n) is 6.47. The van der Waals surface area contributed by atoms with Crippen LogP contribution >= 0.6 is 0 Å². The van der Waals surface area contributed by atoms with Crippen LogP contribution in [0.1, 0.15) is 33.4 Å². The SMILES string of the molecule is O=C(O)[C@H]1c2ccccc2C(=O)N(c2ccc(-c3ccn[nH]3)cc2)[C@@H]1c1ccc2c(c1)OCCO2. The van der Waals surface area contributed by atoms with Gasteiger partial charge in [-0.3, -0.25) is 19.6 Å². The van der Waals surface area contributed by atoms with Crippen LogP contribution in [0.4, 0.5) is 5.69 Å². The zero-order valence-corrected chi connectivity index (χ0v) is 18.5. The summed E-state index contributed by atoms with van der Waals surface area (Å²) in [5, 5.41) is 17.3. The molecule has 0 spiro atoms. The van der Waals surface area contributed by atoms with E-state index in [2.05, 4.69) is 10.2 Å². The van der Waals surface area contributed by atoms with Gasteiger partial charge >= 0.3 is 5.97 Å². The first kappa shape index (κ1) is 21.0. The Labute approximate surface area is 200 Å². The fourth-order valence-electron chi connectivity index (χ4n) is 4.89. The predicted octanol–water partition coefficient (Wildman–Crippen LogP) is 4.42. The highest BCUT2D eigenvalue weighted by molar-refractivity contribution is 6.11. The van der Waals surface area contributed by atoms with Gasteiger partial charge in [0, 0.05) is 17.4 Å². The van der Waals surface area contributed by atoms with E-state index in [1.165, 1.54) is 0 Å². The van der Waals surface area contributed by atoms with Crippen molar-refractivity contribution in [1.29, 1.82) is 0 Å². The number of nitrogens with one attached hydrogen (secondary N) is 1. The molecule has 2 atom stereocenters. The first-order valence-electron chi connectivity index (χ1n) is 11.3. The molecule has 35 heavy (non-hydrogen) atoms. The smallest absolute Gasteiger partial charge is 0.313 e. The fourth-order valence-corrected chi connectivity index (χ4v) is 4.89. The Morgan fingerprint density at radius 1 is 0.971 bits per heavy atom. The largest absolute Gasteiger partial charge is 0.486 e. The third kappa shape index (κ3) is 3.50. The number of carbonyl (C=O) groups excluding carboxylic acids is 1. The third-order valence-corrected chi connectivity index (χ3v) is 6.47. The molecule has 2 N–H and O–H groups in total. The van der Waals surface area contributed by atoms with Gasteiger partial charge in [-0.15, -0.1) is 0 Å². The lowest BCUT2D eigenvalue weighted by Gasteiger charge is -2.41. The molecule has 3 aromatic carbocycles. The fraction of sp³-hybridized carbons (Fsp3) is 0.148. The Kier molecular flexibility index (Phi) is 4.99. The lowest BCUT2D eigenvalue weighted by Crippen LogP contribution is -2.45. The van der Waals surface area contributed by atoms with Crippen molar-refractivity contribution in [2.24, 2.45) is 0 Å². The average Bonchev–Trinajstić information content (AvgIpc) is 3.43. The van der Waals surface area contributed by atoms with Crippen LogP contribution in [-0.4, -0.2) is 40.4 Å². The molecule has 2 aliphatic rings. The van der Waals surface area contributed by atoms with Crippen molar-refractivity contribution in [1.82, 2.24) is 10.2 Å². The van der Waals surface area contributed by atoms with Crippen molar-refractivity contribution < 1.29 is 24.2 Å². The van der Waals surface area contributed by atoms with Crippen molar-refractivity contribution in [2.45, 2.75) is 12.0 Å². The van der Waals surface area contributed by atoms with E-state index in [4.69, 9.17) is 9.47 Å². The lowest BCUT2D eigenvalue weighted by molar-refractivity contribution is -0.139. The Balaban J connectivity index is 1.52. The molecule has 2 aliphatic heterocycles. The van der Waals surface area contributed by atoms with Gasteiger partial charge in [0.15, 0.2) is 11.5 Å². The molecule has 3 heterocycles. The molecule has 0 radical (unpaired) electrons. The Hall–Kier alpha value is -4.59. The number of H-pyrrole nitrogens is 1. The molecular weight excluding hydrogens is 446 g/mol. The van der Waals surface area contributed by atoms with Crippen LogP contribution in [0.3, 0.4) is 0 Å². The zero-order chi connectivity index (χ0) is 23.9. The number of anilines is 1. The van der Waals surface area contributed by atoms with Crippen LogP contribution in [0.2, 0.25) is 0 Å². The van der Waals surface area contributed by atoms with Crippen molar-refractivity contribution in [3.8, 4) is 22.8 Å². The van der Waals surface area contributed by atoms with Crippen LogP contribution < -0.4 is 14.4 Å². The first-order valence-corrected chi connectivity index (χ1v) is 11.3. The minimum atomic E-state index is -1.01. The summed E-state index contributed by atoms with van der Waals surface area (Å²) in [4.78, 5) is 28.1. The highest BCUT2D eigenvalue weighted by Crippen LogP contribution is 2.47. The number of amides is 1. The average molecular weight is 467 g/mol. The molecule has 8 nitrogen and oxygen atoms in total. The number of ether oxygens (including phenoxy) is 2. The molecule has 6 rings (SSSR count). The number of carboxylic acids is 1. The maximum atomic E-state index is 13.8. The van der Waals surface area contributed by atoms with Crippen LogP contribution in [0.15, 0.2) is 79.0 Å². The van der Waals surface area contributed by atoms with Crippen molar-refractivity contribution >= 4 is 17.6 Å². The van der Waals surface area contributed by atoms with E-state index in [0.717, 1.165) is 11.3 Å². The van der Waals surface area contributed by atoms with Gasteiger partial charge in [-0.25, -0.2) is 0 Å². The Morgan fingerprint density at radius 3 is 2.49 bits per heavy atom. The van der Waals surface area contributed by atoms with Crippen LogP contribution in [0.25, 0.3) is 11.3 Å². The predicted molar refractivity (Wildman–Crippen MR) is 128 cm³/mol. The molecule has 0 aliphatic carbocycles. The highest BCUT2D eigenvalue weighted by atomic mass is 16.6. The van der Waals surface area contributed by atoms with E-state index in [9.17, 15) is 14.7 Å². The summed E-state index contributed by atoms with van der Waals surface area (Å²) in [5.41, 5.74) is 3.88. The number of aliphatic carboxylic acids is 1. The quantitative estimate of drug-likeness (QED) is 0.461. The molecule has 0 saturated carbocycles. The molecule has 0 unspecified atom stereocenters. The zero-order valence-electron chi connectivity index (χ0n) is 18.5. The second-order valence-electron chi connectivity index (χ2n) is 8.44. The molecule has 4 aromatic rings. The maximum absolute atomic E-state index is 13.8. The van der Waals surface area contributed by atoms with Crippen LogP contribution in [-0.2, 0) is 4.79 Å². The molecule has 174 valence electrons. The summed E-state index contributed by atoms with van der Waals surface area (Å²) in [6.07, 6.45) is 1.67. The van der Waals surface area contributed by atoms with E-state index < -0.39 is 17.9 Å². The minimum absolute atomic E-state index is 0.257. The summed E-state index contributed by atoms with van der Waals surface area (Å²) < 4.78 is 11.4. The number of aromatic nitrogens is 2. The number of carboxylic acid groups (broad SMARTS) is 1. The van der Waals surface area contributed by atoms with Gasteiger partial charge < -0.3 is 14.6 Å². The van der Waals surface area contributed by atoms with Gasteiger partial charge in [0.25, 0.3) is 5.91 Å². The molecule has 0 bridgehead atoms. The second-order valence-corrected chi connectivity index (χ2v) is 8.44. The number of nitrogens with zero attached hydrogens (tertiary/aromatic N) is 2. The van der Waals surface area contributed by atoms with Crippen molar-refractivity contribution in [2.75, 3.05) is 18.1 Å². The summed E-state index contributed by atoms with van der Waals surface area (Å²) in [6, 6.07) is 20.8. The van der Waals surface area contributed by atoms with Crippen LogP contribution in [0.5, 0.6) is 11.5 Å². The van der Waals surface area contributed by atoms with Gasteiger partial charge in [-0.2, -0.15) is 5.10 Å². The van der Waals surface area contributed by atoms with Gasteiger partial charge in [-0.1, -0.05) is 36.4 Å². The van der Waals surface area contributed by atoms with Crippen LogP contribution in [0, 0.1) is 0 Å². The number of aromatic amines is 1. The Morgan fingerprint density at radius 2 is 1.74 bits per heavy atom. The van der Waals surface area contributed by atoms with Gasteiger partial charge in [0.2, 0.25) is 0 Å². The molecule has 0 fully saturated rings. The molecule has 1 amide bonds. The normalized spacial score (nSPS) is 18.7. The number of fused-ring (bicyclic) bond motifs is 2. The molecule has 1 aromatic heterocycles. The number of hydrogen-bond acceptors (Lipinski definition) is 5. The van der Waals surface area contributed by atoms with E-state index in [0.29, 0.717) is 47.1 Å². The summed E-state index contributed by atoms with van der Waals surface area (Å²) in [5.74, 6) is -1.10. The first-order chi connectivity index (χ1) is 17.1. The lowest BCUT2D eigenvalue weighted by atomic mass is 9.79. The Bertz CT molecular complexity index is 1420. The monoisotopic (exact) mass is 467 g/mol. The van der Waals surface area contributed by atoms with Gasteiger partial charge in [-0.05, 0) is 53.1 Å². The topological polar surface area (TPSA) is 105 Å². The van der Waals surface area contributed by atoms with E-state index in [1.807, 2.05) is 30.3 Å². The number of benzene rings is 3. The van der Waals surface area contributed by atoms with E-state index in [1.54, 1.807) is 53.6 Å². The van der Waals surface area contributed by atoms with Gasteiger partial charge in [0.1, 0.15) is 19.1 Å². The standard InChI is InChI=1S/C27H21N3O5/c31-26-20-4-2-1-3-19(20)24(27(32)33)25(17-7-10-22-23(15-17)35-14-13-34-22)30(26)18-8-5-16(6-9-18)21-11-12-28-29-21/h1-12,15,24-25H,13-14H2,(H,28,29)(H,32,33)/t24-,25+/m0/s1. The minimum Gasteiger partial charge on any atom is -0.486 e.